The maximum Gasteiger partial charge on any atom is 0.148 e. The number of carbonyl (C=O) groups excluding carboxylic acids is 1. The van der Waals surface area contributed by atoms with E-state index < -0.39 is 5.91 Å². The first-order valence-electron chi connectivity index (χ1n) is 4.86. The van der Waals surface area contributed by atoms with Crippen molar-refractivity contribution < 1.29 is 37.5 Å². The van der Waals surface area contributed by atoms with Crippen molar-refractivity contribution in [1.29, 1.82) is 0 Å². The van der Waals surface area contributed by atoms with Crippen LogP contribution in [0.3, 0.4) is 0 Å². The molecule has 1 heterocycles. The molecule has 1 amide bonds. The molecule has 1 aromatic carbocycles. The van der Waals surface area contributed by atoms with Crippen LogP contribution in [-0.2, 0) is 32.7 Å². The van der Waals surface area contributed by atoms with Crippen molar-refractivity contribution in [2.45, 2.75) is 0 Å². The van der Waals surface area contributed by atoms with E-state index in [1.54, 1.807) is 12.1 Å². The van der Waals surface area contributed by atoms with Crippen molar-refractivity contribution in [3.8, 4) is 0 Å². The first-order valence-corrected chi connectivity index (χ1v) is 4.86. The Bertz CT molecular complexity index is 543. The van der Waals surface area contributed by atoms with E-state index in [0.29, 0.717) is 17.2 Å². The van der Waals surface area contributed by atoms with Crippen molar-refractivity contribution in [1.82, 2.24) is 9.97 Å². The molecule has 4 N–H and O–H groups in total. The zero-order valence-electron chi connectivity index (χ0n) is 9.42. The Labute approximate surface area is 129 Å². The zero-order chi connectivity index (χ0) is 12.3. The smallest absolute Gasteiger partial charge is 0.148 e. The maximum atomic E-state index is 10.7. The summed E-state index contributed by atoms with van der Waals surface area (Å²) in [6.45, 7) is 0. The van der Waals surface area contributed by atoms with Gasteiger partial charge in [-0.15, -0.1) is 0 Å². The second-order valence-electron chi connectivity index (χ2n) is 3.33. The second-order valence-corrected chi connectivity index (χ2v) is 3.33. The Hall–Kier alpha value is -1.53. The van der Waals surface area contributed by atoms with E-state index in [0.717, 1.165) is 0 Å². The molecule has 0 spiro atoms. The van der Waals surface area contributed by atoms with Crippen LogP contribution in [0.1, 0.15) is 10.5 Å². The molecule has 0 aliphatic heterocycles. The topological polar surface area (TPSA) is 105 Å². The third-order valence-electron chi connectivity index (χ3n) is 2.11. The second kappa shape index (κ2) is 6.42. The summed E-state index contributed by atoms with van der Waals surface area (Å²) in [7, 11) is 0. The number of rotatable bonds is 3. The minimum absolute atomic E-state index is 0. The van der Waals surface area contributed by atoms with Gasteiger partial charge in [-0.05, 0) is 12.1 Å². The van der Waals surface area contributed by atoms with E-state index in [9.17, 15) is 4.79 Å². The Morgan fingerprint density at radius 3 is 2.50 bits per heavy atom. The van der Waals surface area contributed by atoms with Gasteiger partial charge in [0.2, 0.25) is 0 Å². The largest absolute Gasteiger partial charge is 0.662 e. The standard InChI is InChI=1S/C11H11N5O.Y/c12-7-3-1-2-4-8(7)16-10-6-14-9(5-15-10)11(13)17;/h1-6H,(H5,12,13,14,15,16,17);/p-1. The SMILES string of the molecule is [NH-]C(=O)c1cnc(Nc2ccccc2N)cn1.[Y]. The molecule has 0 saturated heterocycles. The van der Waals surface area contributed by atoms with Gasteiger partial charge < -0.3 is 21.6 Å². The van der Waals surface area contributed by atoms with E-state index >= 15 is 0 Å². The van der Waals surface area contributed by atoms with Gasteiger partial charge in [0.1, 0.15) is 11.5 Å². The number of nitrogen functional groups attached to an aromatic ring is 1. The molecular formula is C11H10N5OY-. The molecule has 2 rings (SSSR count). The van der Waals surface area contributed by atoms with Crippen LogP contribution >= 0.6 is 0 Å². The molecule has 1 radical (unpaired) electrons. The number of anilines is 3. The Morgan fingerprint density at radius 1 is 1.22 bits per heavy atom. The minimum atomic E-state index is -0.858. The fraction of sp³-hybridized carbons (Fsp3) is 0. The summed E-state index contributed by atoms with van der Waals surface area (Å²) in [5.74, 6) is -0.392. The van der Waals surface area contributed by atoms with Gasteiger partial charge in [0, 0.05) is 32.7 Å². The number of nitrogens with zero attached hydrogens (tertiary/aromatic N) is 2. The van der Waals surface area contributed by atoms with Crippen molar-refractivity contribution in [2.24, 2.45) is 0 Å². The zero-order valence-corrected chi connectivity index (χ0v) is 12.3. The van der Waals surface area contributed by atoms with Gasteiger partial charge in [-0.3, -0.25) is 0 Å². The van der Waals surface area contributed by atoms with Crippen LogP contribution < -0.4 is 11.1 Å². The molecule has 0 aliphatic rings. The van der Waals surface area contributed by atoms with Crippen molar-refractivity contribution >= 4 is 23.1 Å². The van der Waals surface area contributed by atoms with Gasteiger partial charge in [-0.2, -0.15) is 0 Å². The van der Waals surface area contributed by atoms with Crippen molar-refractivity contribution in [2.75, 3.05) is 11.1 Å². The monoisotopic (exact) mass is 317 g/mol. The van der Waals surface area contributed by atoms with Gasteiger partial charge in [0.25, 0.3) is 0 Å². The summed E-state index contributed by atoms with van der Waals surface area (Å²) < 4.78 is 0. The summed E-state index contributed by atoms with van der Waals surface area (Å²) in [5, 5.41) is 2.97. The number of benzene rings is 1. The van der Waals surface area contributed by atoms with Gasteiger partial charge in [-0.1, -0.05) is 12.1 Å². The van der Waals surface area contributed by atoms with Gasteiger partial charge in [0.05, 0.1) is 29.7 Å². The molecule has 2 aromatic rings. The van der Waals surface area contributed by atoms with Gasteiger partial charge >= 0.3 is 0 Å². The van der Waals surface area contributed by atoms with E-state index in [1.807, 2.05) is 12.1 Å². The molecular weight excluding hydrogens is 307 g/mol. The molecule has 0 saturated carbocycles. The summed E-state index contributed by atoms with van der Waals surface area (Å²) in [5.41, 5.74) is 13.9. The summed E-state index contributed by atoms with van der Waals surface area (Å²) in [6.07, 6.45) is 2.63. The van der Waals surface area contributed by atoms with E-state index in [-0.39, 0.29) is 38.4 Å². The molecule has 0 unspecified atom stereocenters. The summed E-state index contributed by atoms with van der Waals surface area (Å²) in [4.78, 5) is 18.5. The fourth-order valence-corrected chi connectivity index (χ4v) is 1.26. The van der Waals surface area contributed by atoms with Crippen LogP contribution in [0.15, 0.2) is 36.7 Å². The first-order chi connectivity index (χ1) is 8.16. The normalized spacial score (nSPS) is 9.33. The van der Waals surface area contributed by atoms with E-state index in [2.05, 4.69) is 15.3 Å². The molecule has 6 nitrogen and oxygen atoms in total. The van der Waals surface area contributed by atoms with E-state index in [4.69, 9.17) is 11.5 Å². The number of para-hydroxylation sites is 2. The van der Waals surface area contributed by atoms with Crippen molar-refractivity contribution in [3.63, 3.8) is 0 Å². The Balaban J connectivity index is 0.00000162. The molecule has 0 aliphatic carbocycles. The molecule has 7 heteroatoms. The van der Waals surface area contributed by atoms with Gasteiger partial charge in [-0.25, -0.2) is 9.97 Å². The first kappa shape index (κ1) is 14.5. The predicted octanol–water partition coefficient (Wildman–Crippen LogP) is 1.99. The fourth-order valence-electron chi connectivity index (χ4n) is 1.26. The average molecular weight is 317 g/mol. The third kappa shape index (κ3) is 3.48. The summed E-state index contributed by atoms with van der Waals surface area (Å²) in [6, 6.07) is 7.24. The third-order valence-corrected chi connectivity index (χ3v) is 2.11. The molecule has 0 fully saturated rings. The van der Waals surface area contributed by atoms with Crippen molar-refractivity contribution in [3.05, 3.63) is 48.1 Å². The predicted molar refractivity (Wildman–Crippen MR) is 64.8 cm³/mol. The number of carbonyl (C=O) groups is 1. The van der Waals surface area contributed by atoms with Crippen LogP contribution in [0.2, 0.25) is 0 Å². The number of hydrogen-bond donors (Lipinski definition) is 2. The Morgan fingerprint density at radius 2 is 1.94 bits per heavy atom. The molecule has 18 heavy (non-hydrogen) atoms. The summed E-state index contributed by atoms with van der Waals surface area (Å²) >= 11 is 0. The number of hydrogen-bond acceptors (Lipinski definition) is 5. The molecule has 1 aromatic heterocycles. The quantitative estimate of drug-likeness (QED) is 0.842. The van der Waals surface area contributed by atoms with E-state index in [1.165, 1.54) is 12.4 Å². The number of aromatic nitrogens is 2. The van der Waals surface area contributed by atoms with Crippen LogP contribution in [0.4, 0.5) is 17.2 Å². The van der Waals surface area contributed by atoms with Crippen LogP contribution in [-0.4, -0.2) is 15.9 Å². The molecule has 0 atom stereocenters. The van der Waals surface area contributed by atoms with Gasteiger partial charge in [0.15, 0.2) is 0 Å². The van der Waals surface area contributed by atoms with Crippen LogP contribution in [0.25, 0.3) is 5.73 Å². The maximum absolute atomic E-state index is 10.7. The van der Waals surface area contributed by atoms with Crippen LogP contribution in [0.5, 0.6) is 0 Å². The number of nitrogens with one attached hydrogen (secondary N) is 2. The molecule has 89 valence electrons. The minimum Gasteiger partial charge on any atom is -0.662 e. The molecule has 0 bridgehead atoms. The number of amides is 1. The number of nitrogens with two attached hydrogens (primary N) is 1. The Kier molecular flexibility index (Phi) is 5.18. The average Bonchev–Trinajstić information content (AvgIpc) is 2.33. The van der Waals surface area contributed by atoms with Crippen LogP contribution in [0, 0.1) is 0 Å².